The molecule has 0 aliphatic heterocycles. The van der Waals surface area contributed by atoms with Gasteiger partial charge in [-0.3, -0.25) is 4.79 Å². The fourth-order valence-corrected chi connectivity index (χ4v) is 1.92. The van der Waals surface area contributed by atoms with E-state index >= 15 is 0 Å². The zero-order chi connectivity index (χ0) is 15.6. The molecule has 0 radical (unpaired) electrons. The molecule has 0 unspecified atom stereocenters. The summed E-state index contributed by atoms with van der Waals surface area (Å²) < 4.78 is 38.6. The van der Waals surface area contributed by atoms with E-state index < -0.39 is 23.2 Å². The minimum Gasteiger partial charge on any atom is -0.399 e. The van der Waals surface area contributed by atoms with Crippen molar-refractivity contribution in [3.05, 3.63) is 58.6 Å². The van der Waals surface area contributed by atoms with E-state index in [4.69, 9.17) is 17.3 Å². The second-order valence-corrected chi connectivity index (χ2v) is 4.64. The molecule has 2 aromatic rings. The number of hydrogen-bond acceptors (Lipinski definition) is 2. The maximum atomic E-state index is 12.9. The van der Waals surface area contributed by atoms with Gasteiger partial charge >= 0.3 is 6.18 Å². The maximum absolute atomic E-state index is 12.9. The summed E-state index contributed by atoms with van der Waals surface area (Å²) in [5.74, 6) is -0.907. The summed E-state index contributed by atoms with van der Waals surface area (Å²) in [5, 5.41) is 2.51. The standard InChI is InChI=1S/C14H10ClF3N2O/c15-11-6-5-8(19)7-12(11)20-13(21)9-3-1-2-4-10(9)14(16,17)18/h1-7H,19H2,(H,20,21). The van der Waals surface area contributed by atoms with Gasteiger partial charge < -0.3 is 11.1 Å². The Balaban J connectivity index is 2.36. The second-order valence-electron chi connectivity index (χ2n) is 4.24. The third-order valence-electron chi connectivity index (χ3n) is 2.72. The number of hydrogen-bond donors (Lipinski definition) is 2. The Bertz CT molecular complexity index is 686. The summed E-state index contributed by atoms with van der Waals surface area (Å²) in [4.78, 5) is 12.0. The van der Waals surface area contributed by atoms with E-state index in [2.05, 4.69) is 5.32 Å². The largest absolute Gasteiger partial charge is 0.417 e. The summed E-state index contributed by atoms with van der Waals surface area (Å²) >= 11 is 5.86. The van der Waals surface area contributed by atoms with Crippen molar-refractivity contribution in [1.29, 1.82) is 0 Å². The predicted molar refractivity (Wildman–Crippen MR) is 75.3 cm³/mol. The molecule has 3 nitrogen and oxygen atoms in total. The molecule has 0 saturated heterocycles. The van der Waals surface area contributed by atoms with Gasteiger partial charge in [-0.05, 0) is 30.3 Å². The molecule has 0 spiro atoms. The topological polar surface area (TPSA) is 55.1 Å². The van der Waals surface area contributed by atoms with Crippen LogP contribution in [-0.2, 0) is 6.18 Å². The molecule has 1 amide bonds. The van der Waals surface area contributed by atoms with Crippen LogP contribution in [0.2, 0.25) is 5.02 Å². The summed E-state index contributed by atoms with van der Waals surface area (Å²) in [6.07, 6.45) is -4.62. The molecule has 7 heteroatoms. The lowest BCUT2D eigenvalue weighted by Crippen LogP contribution is -2.18. The number of amides is 1. The van der Waals surface area contributed by atoms with Crippen molar-refractivity contribution in [1.82, 2.24) is 0 Å². The van der Waals surface area contributed by atoms with E-state index in [1.807, 2.05) is 0 Å². The van der Waals surface area contributed by atoms with Crippen molar-refractivity contribution in [2.45, 2.75) is 6.18 Å². The highest BCUT2D eigenvalue weighted by Crippen LogP contribution is 2.32. The predicted octanol–water partition coefficient (Wildman–Crippen LogP) is 4.19. The Morgan fingerprint density at radius 3 is 2.48 bits per heavy atom. The third-order valence-corrected chi connectivity index (χ3v) is 3.05. The Hall–Kier alpha value is -2.21. The van der Waals surface area contributed by atoms with Gasteiger partial charge in [-0.2, -0.15) is 13.2 Å². The van der Waals surface area contributed by atoms with Crippen LogP contribution in [0.15, 0.2) is 42.5 Å². The van der Waals surface area contributed by atoms with Crippen LogP contribution >= 0.6 is 11.6 Å². The minimum absolute atomic E-state index is 0.152. The Labute approximate surface area is 123 Å². The number of carbonyl (C=O) groups is 1. The van der Waals surface area contributed by atoms with E-state index in [0.717, 1.165) is 12.1 Å². The highest BCUT2D eigenvalue weighted by Gasteiger charge is 2.34. The number of carbonyl (C=O) groups excluding carboxylic acids is 1. The number of nitrogens with two attached hydrogens (primary N) is 1. The third kappa shape index (κ3) is 3.46. The normalized spacial score (nSPS) is 11.2. The maximum Gasteiger partial charge on any atom is 0.417 e. The average Bonchev–Trinajstić information content (AvgIpc) is 2.42. The van der Waals surface area contributed by atoms with E-state index in [1.165, 1.54) is 30.3 Å². The molecule has 3 N–H and O–H groups in total. The van der Waals surface area contributed by atoms with Crippen molar-refractivity contribution in [3.8, 4) is 0 Å². The molecular weight excluding hydrogens is 305 g/mol. The zero-order valence-electron chi connectivity index (χ0n) is 10.5. The van der Waals surface area contributed by atoms with E-state index in [-0.39, 0.29) is 10.7 Å². The molecule has 2 aromatic carbocycles. The first-order valence-corrected chi connectivity index (χ1v) is 6.19. The first-order chi connectivity index (χ1) is 9.79. The van der Waals surface area contributed by atoms with Crippen LogP contribution in [0.5, 0.6) is 0 Å². The molecule has 21 heavy (non-hydrogen) atoms. The number of alkyl halides is 3. The van der Waals surface area contributed by atoms with Gasteiger partial charge in [-0.1, -0.05) is 23.7 Å². The van der Waals surface area contributed by atoms with Crippen LogP contribution in [0.4, 0.5) is 24.5 Å². The summed E-state index contributed by atoms with van der Waals surface area (Å²) in [6.45, 7) is 0. The molecule has 0 saturated carbocycles. The van der Waals surface area contributed by atoms with Gasteiger partial charge in [-0.25, -0.2) is 0 Å². The van der Waals surface area contributed by atoms with Crippen molar-refractivity contribution in [2.75, 3.05) is 11.1 Å². The Kier molecular flexibility index (Phi) is 4.09. The van der Waals surface area contributed by atoms with Gasteiger partial charge in [0.05, 0.1) is 21.8 Å². The zero-order valence-corrected chi connectivity index (χ0v) is 11.3. The van der Waals surface area contributed by atoms with Crippen LogP contribution in [0.25, 0.3) is 0 Å². The lowest BCUT2D eigenvalue weighted by Gasteiger charge is -2.13. The lowest BCUT2D eigenvalue weighted by atomic mass is 10.1. The van der Waals surface area contributed by atoms with Crippen LogP contribution in [0.3, 0.4) is 0 Å². The van der Waals surface area contributed by atoms with Gasteiger partial charge in [0.2, 0.25) is 0 Å². The smallest absolute Gasteiger partial charge is 0.399 e. The quantitative estimate of drug-likeness (QED) is 0.816. The van der Waals surface area contributed by atoms with Gasteiger partial charge in [-0.15, -0.1) is 0 Å². The van der Waals surface area contributed by atoms with E-state index in [1.54, 1.807) is 0 Å². The van der Waals surface area contributed by atoms with Crippen LogP contribution in [0.1, 0.15) is 15.9 Å². The molecule has 0 heterocycles. The molecule has 2 rings (SSSR count). The van der Waals surface area contributed by atoms with Crippen LogP contribution in [0, 0.1) is 0 Å². The number of halogens is 4. The van der Waals surface area contributed by atoms with E-state index in [9.17, 15) is 18.0 Å². The summed E-state index contributed by atoms with van der Waals surface area (Å²) in [6, 6.07) is 8.84. The van der Waals surface area contributed by atoms with Crippen molar-refractivity contribution in [3.63, 3.8) is 0 Å². The first-order valence-electron chi connectivity index (χ1n) is 5.81. The van der Waals surface area contributed by atoms with Gasteiger partial charge in [0, 0.05) is 5.69 Å². The molecule has 0 bridgehead atoms. The lowest BCUT2D eigenvalue weighted by molar-refractivity contribution is -0.137. The van der Waals surface area contributed by atoms with Gasteiger partial charge in [0.1, 0.15) is 0 Å². The van der Waals surface area contributed by atoms with Crippen molar-refractivity contribution >= 4 is 28.9 Å². The van der Waals surface area contributed by atoms with Crippen molar-refractivity contribution in [2.24, 2.45) is 0 Å². The van der Waals surface area contributed by atoms with Crippen LogP contribution in [-0.4, -0.2) is 5.91 Å². The number of rotatable bonds is 2. The summed E-state index contributed by atoms with van der Waals surface area (Å²) in [5.41, 5.74) is 4.54. The molecule has 0 atom stereocenters. The SMILES string of the molecule is Nc1ccc(Cl)c(NC(=O)c2ccccc2C(F)(F)F)c1. The second kappa shape index (κ2) is 5.65. The fraction of sp³-hybridized carbons (Fsp3) is 0.0714. The molecular formula is C14H10ClF3N2O. The number of anilines is 2. The van der Waals surface area contributed by atoms with Gasteiger partial charge in [0.15, 0.2) is 0 Å². The highest BCUT2D eigenvalue weighted by molar-refractivity contribution is 6.34. The molecule has 110 valence electrons. The first kappa shape index (κ1) is 15.2. The highest BCUT2D eigenvalue weighted by atomic mass is 35.5. The minimum atomic E-state index is -4.62. The Morgan fingerprint density at radius 2 is 1.81 bits per heavy atom. The molecule has 0 aliphatic rings. The molecule has 0 aliphatic carbocycles. The molecule has 0 aromatic heterocycles. The monoisotopic (exact) mass is 314 g/mol. The Morgan fingerprint density at radius 1 is 1.14 bits per heavy atom. The number of nitrogens with one attached hydrogen (secondary N) is 1. The number of benzene rings is 2. The number of nitrogen functional groups attached to an aromatic ring is 1. The van der Waals surface area contributed by atoms with E-state index in [0.29, 0.717) is 5.69 Å². The molecule has 0 fully saturated rings. The fourth-order valence-electron chi connectivity index (χ4n) is 1.76. The van der Waals surface area contributed by atoms with Crippen molar-refractivity contribution < 1.29 is 18.0 Å². The van der Waals surface area contributed by atoms with Gasteiger partial charge in [0.25, 0.3) is 5.91 Å². The average molecular weight is 315 g/mol. The van der Waals surface area contributed by atoms with Crippen LogP contribution < -0.4 is 11.1 Å². The summed E-state index contributed by atoms with van der Waals surface area (Å²) in [7, 11) is 0.